The van der Waals surface area contributed by atoms with Crippen molar-refractivity contribution in [2.75, 3.05) is 19.0 Å². The molecule has 0 bridgehead atoms. The van der Waals surface area contributed by atoms with E-state index in [1.165, 1.54) is 32.8 Å². The van der Waals surface area contributed by atoms with Gasteiger partial charge in [0, 0.05) is 11.8 Å². The third kappa shape index (κ3) is 7.19. The molecular weight excluding hydrogens is 372 g/mol. The number of amides is 1. The van der Waals surface area contributed by atoms with E-state index in [1.807, 2.05) is 30.3 Å². The van der Waals surface area contributed by atoms with Crippen molar-refractivity contribution in [3.63, 3.8) is 0 Å². The van der Waals surface area contributed by atoms with Gasteiger partial charge >= 0.3 is 0 Å². The van der Waals surface area contributed by atoms with Crippen molar-refractivity contribution < 1.29 is 14.3 Å². The molecule has 0 fully saturated rings. The fraction of sp³-hybridized carbons (Fsp3) is 0.364. The molecule has 0 saturated carbocycles. The molecule has 2 aromatic carbocycles. The second-order valence-electron chi connectivity index (χ2n) is 6.40. The van der Waals surface area contributed by atoms with Gasteiger partial charge in [0.15, 0.2) is 5.11 Å². The lowest BCUT2D eigenvalue weighted by atomic mass is 10.2. The van der Waals surface area contributed by atoms with Gasteiger partial charge in [-0.15, -0.1) is 0 Å². The minimum Gasteiger partial charge on any atom is -0.496 e. The molecule has 2 rings (SSSR count). The third-order valence-electron chi connectivity index (χ3n) is 4.19. The first-order valence-corrected chi connectivity index (χ1v) is 10.0. The molecule has 2 N–H and O–H groups in total. The number of ether oxygens (including phenoxy) is 2. The Morgan fingerprint density at radius 2 is 1.82 bits per heavy atom. The molecule has 0 saturated heterocycles. The average molecular weight is 401 g/mol. The maximum atomic E-state index is 12.4. The Labute approximate surface area is 172 Å². The minimum absolute atomic E-state index is 0.215. The molecule has 5 nitrogen and oxygen atoms in total. The molecule has 0 spiro atoms. The summed E-state index contributed by atoms with van der Waals surface area (Å²) < 4.78 is 11.0. The van der Waals surface area contributed by atoms with Crippen molar-refractivity contribution in [1.29, 1.82) is 0 Å². The van der Waals surface area contributed by atoms with Gasteiger partial charge in [-0.25, -0.2) is 0 Å². The zero-order chi connectivity index (χ0) is 20.2. The number of para-hydroxylation sites is 1. The first-order chi connectivity index (χ1) is 13.6. The highest BCUT2D eigenvalue weighted by Gasteiger charge is 2.13. The first kappa shape index (κ1) is 21.7. The molecule has 0 aliphatic rings. The average Bonchev–Trinajstić information content (AvgIpc) is 2.70. The lowest BCUT2D eigenvalue weighted by Crippen LogP contribution is -2.34. The summed E-state index contributed by atoms with van der Waals surface area (Å²) in [5.41, 5.74) is 1.18. The van der Waals surface area contributed by atoms with Crippen LogP contribution in [0.4, 0.5) is 5.69 Å². The number of carbonyl (C=O) groups is 1. The highest BCUT2D eigenvalue weighted by Crippen LogP contribution is 2.19. The number of thiocarbonyl (C=S) groups is 1. The molecule has 0 heterocycles. The van der Waals surface area contributed by atoms with E-state index < -0.39 is 0 Å². The maximum absolute atomic E-state index is 12.4. The molecule has 0 radical (unpaired) electrons. The summed E-state index contributed by atoms with van der Waals surface area (Å²) in [7, 11) is 1.53. The number of hydrogen-bond donors (Lipinski definition) is 2. The maximum Gasteiger partial charge on any atom is 0.261 e. The monoisotopic (exact) mass is 400 g/mol. The van der Waals surface area contributed by atoms with Crippen LogP contribution in [0, 0.1) is 0 Å². The van der Waals surface area contributed by atoms with Crippen LogP contribution < -0.4 is 20.1 Å². The van der Waals surface area contributed by atoms with E-state index in [1.54, 1.807) is 18.2 Å². The second kappa shape index (κ2) is 12.0. The van der Waals surface area contributed by atoms with Gasteiger partial charge in [0.05, 0.1) is 19.3 Å². The number of methoxy groups -OCH3 is 1. The molecule has 0 unspecified atom stereocenters. The van der Waals surface area contributed by atoms with Crippen LogP contribution in [0.5, 0.6) is 11.5 Å². The van der Waals surface area contributed by atoms with E-state index in [2.05, 4.69) is 17.6 Å². The number of rotatable bonds is 10. The largest absolute Gasteiger partial charge is 0.496 e. The van der Waals surface area contributed by atoms with Crippen LogP contribution in [0.25, 0.3) is 0 Å². The summed E-state index contributed by atoms with van der Waals surface area (Å²) in [5.74, 6) is 0.950. The predicted octanol–water partition coefficient (Wildman–Crippen LogP) is 5.17. The molecule has 0 aromatic heterocycles. The summed E-state index contributed by atoms with van der Waals surface area (Å²) >= 11 is 5.26. The molecule has 6 heteroatoms. The fourth-order valence-electron chi connectivity index (χ4n) is 2.72. The number of carbonyl (C=O) groups excluding carboxylic acids is 1. The highest BCUT2D eigenvalue weighted by atomic mass is 32.1. The van der Waals surface area contributed by atoms with Gasteiger partial charge in [0.25, 0.3) is 5.91 Å². The summed E-state index contributed by atoms with van der Waals surface area (Å²) in [6.45, 7) is 2.90. The summed E-state index contributed by atoms with van der Waals surface area (Å²) in [4.78, 5) is 12.4. The molecule has 28 heavy (non-hydrogen) atoms. The molecule has 0 aliphatic carbocycles. The fourth-order valence-corrected chi connectivity index (χ4v) is 2.93. The van der Waals surface area contributed by atoms with E-state index in [-0.39, 0.29) is 11.0 Å². The number of benzene rings is 2. The quantitative estimate of drug-likeness (QED) is 0.425. The van der Waals surface area contributed by atoms with Gasteiger partial charge in [-0.1, -0.05) is 50.8 Å². The van der Waals surface area contributed by atoms with Gasteiger partial charge in [0.2, 0.25) is 0 Å². The van der Waals surface area contributed by atoms with Gasteiger partial charge in [-0.05, 0) is 42.9 Å². The van der Waals surface area contributed by atoms with Crippen LogP contribution in [0.3, 0.4) is 0 Å². The predicted molar refractivity (Wildman–Crippen MR) is 117 cm³/mol. The van der Waals surface area contributed by atoms with Crippen LogP contribution >= 0.6 is 12.2 Å². The van der Waals surface area contributed by atoms with Crippen molar-refractivity contribution in [3.05, 3.63) is 54.1 Å². The van der Waals surface area contributed by atoms with E-state index >= 15 is 0 Å². The molecule has 1 amide bonds. The summed E-state index contributed by atoms with van der Waals surface area (Å²) in [6.07, 6.45) is 6.00. The normalized spacial score (nSPS) is 10.2. The Kier molecular flexibility index (Phi) is 9.28. The molecule has 150 valence electrons. The molecule has 2 aromatic rings. The number of nitrogens with one attached hydrogen (secondary N) is 2. The van der Waals surface area contributed by atoms with Crippen LogP contribution in [-0.4, -0.2) is 24.7 Å². The van der Waals surface area contributed by atoms with E-state index in [0.29, 0.717) is 17.9 Å². The minimum atomic E-state index is -0.325. The Morgan fingerprint density at radius 1 is 1.04 bits per heavy atom. The Bertz CT molecular complexity index is 780. The lowest BCUT2D eigenvalue weighted by Gasteiger charge is -2.12. The van der Waals surface area contributed by atoms with E-state index in [4.69, 9.17) is 21.7 Å². The van der Waals surface area contributed by atoms with Crippen molar-refractivity contribution >= 4 is 28.9 Å². The highest BCUT2D eigenvalue weighted by molar-refractivity contribution is 7.80. The van der Waals surface area contributed by atoms with Crippen molar-refractivity contribution in [1.82, 2.24) is 5.32 Å². The zero-order valence-electron chi connectivity index (χ0n) is 16.5. The number of anilines is 1. The second-order valence-corrected chi connectivity index (χ2v) is 6.81. The van der Waals surface area contributed by atoms with Crippen molar-refractivity contribution in [3.8, 4) is 11.5 Å². The third-order valence-corrected chi connectivity index (χ3v) is 4.39. The van der Waals surface area contributed by atoms with Crippen LogP contribution in [0.2, 0.25) is 0 Å². The first-order valence-electron chi connectivity index (χ1n) is 9.62. The van der Waals surface area contributed by atoms with Crippen LogP contribution in [0.1, 0.15) is 49.4 Å². The standard InChI is InChI=1S/C22H28N2O3S/c1-3-4-5-6-9-15-27-18-12-10-11-17(16-18)23-22(28)24-21(25)19-13-7-8-14-20(19)26-2/h7-8,10-14,16H,3-6,9,15H2,1-2H3,(H2,23,24,25,28). The smallest absolute Gasteiger partial charge is 0.261 e. The Hall–Kier alpha value is -2.60. The molecule has 0 aliphatic heterocycles. The molecule has 0 atom stereocenters. The Morgan fingerprint density at radius 3 is 2.61 bits per heavy atom. The molecular formula is C22H28N2O3S. The summed E-state index contributed by atoms with van der Waals surface area (Å²) in [6, 6.07) is 14.5. The van der Waals surface area contributed by atoms with Crippen molar-refractivity contribution in [2.24, 2.45) is 0 Å². The number of hydrogen-bond acceptors (Lipinski definition) is 4. The van der Waals surface area contributed by atoms with Crippen LogP contribution in [-0.2, 0) is 0 Å². The number of unbranched alkanes of at least 4 members (excludes halogenated alkanes) is 4. The van der Waals surface area contributed by atoms with Gasteiger partial charge in [0.1, 0.15) is 11.5 Å². The van der Waals surface area contributed by atoms with Crippen LogP contribution in [0.15, 0.2) is 48.5 Å². The Balaban J connectivity index is 1.84. The van der Waals surface area contributed by atoms with E-state index in [9.17, 15) is 4.79 Å². The summed E-state index contributed by atoms with van der Waals surface area (Å²) in [5, 5.41) is 5.90. The SMILES string of the molecule is CCCCCCCOc1cccc(NC(=S)NC(=O)c2ccccc2OC)c1. The van der Waals surface area contributed by atoms with E-state index in [0.717, 1.165) is 17.9 Å². The van der Waals surface area contributed by atoms with Gasteiger partial charge in [-0.3, -0.25) is 10.1 Å². The zero-order valence-corrected chi connectivity index (χ0v) is 17.3. The topological polar surface area (TPSA) is 59.6 Å². The lowest BCUT2D eigenvalue weighted by molar-refractivity contribution is 0.0975. The van der Waals surface area contributed by atoms with Gasteiger partial charge < -0.3 is 14.8 Å². The van der Waals surface area contributed by atoms with Crippen molar-refractivity contribution in [2.45, 2.75) is 39.0 Å². The van der Waals surface area contributed by atoms with Gasteiger partial charge in [-0.2, -0.15) is 0 Å².